The smallest absolute Gasteiger partial charge is 0.351 e. The van der Waals surface area contributed by atoms with E-state index >= 15 is 0 Å². The van der Waals surface area contributed by atoms with Crippen molar-refractivity contribution in [2.24, 2.45) is 5.14 Å². The second-order valence-electron chi connectivity index (χ2n) is 4.91. The largest absolute Gasteiger partial charge is 0.416 e. The Hall–Kier alpha value is -1.91. The maximum absolute atomic E-state index is 12.4. The van der Waals surface area contributed by atoms with Crippen molar-refractivity contribution in [1.82, 2.24) is 5.32 Å². The normalized spacial score (nSPS) is 12.2. The predicted molar refractivity (Wildman–Crippen MR) is 82.7 cm³/mol. The number of alkyl halides is 3. The van der Waals surface area contributed by atoms with Gasteiger partial charge in [-0.3, -0.25) is 4.79 Å². The van der Waals surface area contributed by atoms with Crippen LogP contribution in [-0.4, -0.2) is 14.3 Å². The molecule has 2 rings (SSSR count). The lowest BCUT2D eigenvalue weighted by Crippen LogP contribution is -2.24. The number of primary sulfonamides is 1. The highest BCUT2D eigenvalue weighted by molar-refractivity contribution is 7.91. The van der Waals surface area contributed by atoms with Gasteiger partial charge < -0.3 is 5.32 Å². The van der Waals surface area contributed by atoms with Crippen molar-refractivity contribution >= 4 is 27.3 Å². The molecule has 0 aliphatic heterocycles. The van der Waals surface area contributed by atoms with Crippen LogP contribution in [0.25, 0.3) is 0 Å². The van der Waals surface area contributed by atoms with Crippen LogP contribution in [-0.2, 0) is 34.0 Å². The van der Waals surface area contributed by atoms with Crippen molar-refractivity contribution in [2.45, 2.75) is 23.4 Å². The van der Waals surface area contributed by atoms with Gasteiger partial charge in [0.25, 0.3) is 0 Å². The van der Waals surface area contributed by atoms with Gasteiger partial charge in [0.15, 0.2) is 0 Å². The van der Waals surface area contributed by atoms with Crippen molar-refractivity contribution in [3.8, 4) is 0 Å². The topological polar surface area (TPSA) is 89.3 Å². The number of nitrogens with one attached hydrogen (secondary N) is 1. The molecule has 5 nitrogen and oxygen atoms in total. The third kappa shape index (κ3) is 5.05. The van der Waals surface area contributed by atoms with Crippen LogP contribution < -0.4 is 10.5 Å². The summed E-state index contributed by atoms with van der Waals surface area (Å²) in [5, 5.41) is 7.56. The molecular weight excluding hydrogens is 365 g/mol. The van der Waals surface area contributed by atoms with Crippen LogP contribution in [0.5, 0.6) is 0 Å². The zero-order chi connectivity index (χ0) is 18.0. The Balaban J connectivity index is 1.91. The fourth-order valence-electron chi connectivity index (χ4n) is 1.85. The van der Waals surface area contributed by atoms with Gasteiger partial charge in [-0.05, 0) is 29.8 Å². The summed E-state index contributed by atoms with van der Waals surface area (Å²) in [5.74, 6) is -0.389. The number of rotatable bonds is 5. The average molecular weight is 378 g/mol. The van der Waals surface area contributed by atoms with E-state index in [9.17, 15) is 26.4 Å². The molecule has 130 valence electrons. The lowest BCUT2D eigenvalue weighted by Gasteiger charge is -2.08. The van der Waals surface area contributed by atoms with Crippen molar-refractivity contribution in [1.29, 1.82) is 0 Å². The van der Waals surface area contributed by atoms with Crippen LogP contribution in [0.1, 0.15) is 16.0 Å². The van der Waals surface area contributed by atoms with Gasteiger partial charge in [0.1, 0.15) is 4.21 Å². The maximum atomic E-state index is 12.4. The summed E-state index contributed by atoms with van der Waals surface area (Å²) in [6.07, 6.45) is -4.49. The molecule has 1 aromatic heterocycles. The molecule has 0 saturated heterocycles. The van der Waals surface area contributed by atoms with Crippen LogP contribution in [0.2, 0.25) is 0 Å². The highest BCUT2D eigenvalue weighted by atomic mass is 32.2. The molecule has 0 fully saturated rings. The molecule has 1 heterocycles. The van der Waals surface area contributed by atoms with E-state index in [1.807, 2.05) is 0 Å². The quantitative estimate of drug-likeness (QED) is 0.836. The van der Waals surface area contributed by atoms with Gasteiger partial charge in [-0.25, -0.2) is 13.6 Å². The first-order valence-corrected chi connectivity index (χ1v) is 8.96. The Kier molecular flexibility index (Phi) is 5.31. The number of halogens is 3. The highest BCUT2D eigenvalue weighted by Crippen LogP contribution is 2.29. The number of amides is 1. The van der Waals surface area contributed by atoms with Gasteiger partial charge in [0.2, 0.25) is 15.9 Å². The molecule has 0 aliphatic rings. The zero-order valence-corrected chi connectivity index (χ0v) is 13.8. The number of thiophene rings is 1. The predicted octanol–water partition coefficient (Wildman–Crippen LogP) is 2.27. The number of sulfonamides is 1. The Morgan fingerprint density at radius 1 is 1.12 bits per heavy atom. The van der Waals surface area contributed by atoms with Crippen LogP contribution >= 0.6 is 11.3 Å². The van der Waals surface area contributed by atoms with Crippen molar-refractivity contribution < 1.29 is 26.4 Å². The van der Waals surface area contributed by atoms with Gasteiger partial charge in [-0.1, -0.05) is 12.1 Å². The van der Waals surface area contributed by atoms with E-state index in [1.165, 1.54) is 24.3 Å². The van der Waals surface area contributed by atoms with Crippen molar-refractivity contribution in [3.63, 3.8) is 0 Å². The Morgan fingerprint density at radius 3 is 2.25 bits per heavy atom. The van der Waals surface area contributed by atoms with Gasteiger partial charge in [0, 0.05) is 4.88 Å². The summed E-state index contributed by atoms with van der Waals surface area (Å²) in [6.45, 7) is 0.111. The number of nitrogens with two attached hydrogens (primary N) is 1. The van der Waals surface area contributed by atoms with E-state index in [2.05, 4.69) is 5.32 Å². The summed E-state index contributed by atoms with van der Waals surface area (Å²) < 4.78 is 59.6. The first-order chi connectivity index (χ1) is 11.1. The van der Waals surface area contributed by atoms with Crippen LogP contribution in [0.15, 0.2) is 40.6 Å². The van der Waals surface area contributed by atoms with Gasteiger partial charge in [-0.15, -0.1) is 11.3 Å². The summed E-state index contributed by atoms with van der Waals surface area (Å²) in [6, 6.07) is 7.19. The van der Waals surface area contributed by atoms with E-state index in [4.69, 9.17) is 5.14 Å². The first kappa shape index (κ1) is 18.4. The Labute approximate surface area is 140 Å². The van der Waals surface area contributed by atoms with E-state index in [0.717, 1.165) is 23.5 Å². The molecular formula is C14H13F3N2O3S2. The van der Waals surface area contributed by atoms with E-state index < -0.39 is 21.8 Å². The second kappa shape index (κ2) is 6.91. The number of benzene rings is 1. The molecule has 10 heteroatoms. The molecule has 0 saturated carbocycles. The number of carbonyl (C=O) groups is 1. The monoisotopic (exact) mass is 378 g/mol. The number of hydrogen-bond donors (Lipinski definition) is 2. The Morgan fingerprint density at radius 2 is 1.75 bits per heavy atom. The molecule has 0 spiro atoms. The van der Waals surface area contributed by atoms with Crippen LogP contribution in [0, 0.1) is 0 Å². The third-order valence-electron chi connectivity index (χ3n) is 3.02. The SMILES string of the molecule is NS(=O)(=O)c1ccc(CNC(=O)Cc2ccc(C(F)(F)F)cc2)s1. The summed E-state index contributed by atoms with van der Waals surface area (Å²) in [4.78, 5) is 12.4. The minimum absolute atomic E-state index is 0.00510. The zero-order valence-electron chi connectivity index (χ0n) is 12.1. The van der Waals surface area contributed by atoms with Crippen molar-refractivity contribution in [2.75, 3.05) is 0 Å². The minimum Gasteiger partial charge on any atom is -0.351 e. The molecule has 3 N–H and O–H groups in total. The van der Waals surface area contributed by atoms with Gasteiger partial charge in [-0.2, -0.15) is 13.2 Å². The van der Waals surface area contributed by atoms with E-state index in [1.54, 1.807) is 0 Å². The number of carbonyl (C=O) groups excluding carboxylic acids is 1. The molecule has 0 bridgehead atoms. The lowest BCUT2D eigenvalue weighted by molar-refractivity contribution is -0.137. The fourth-order valence-corrected chi connectivity index (χ4v) is 3.57. The molecule has 1 aromatic carbocycles. The first-order valence-electron chi connectivity index (χ1n) is 6.60. The van der Waals surface area contributed by atoms with Crippen molar-refractivity contribution in [3.05, 3.63) is 52.4 Å². The Bertz CT molecular complexity index is 828. The van der Waals surface area contributed by atoms with Crippen LogP contribution in [0.4, 0.5) is 13.2 Å². The maximum Gasteiger partial charge on any atom is 0.416 e. The highest BCUT2D eigenvalue weighted by Gasteiger charge is 2.29. The molecule has 0 atom stereocenters. The molecule has 0 unspecified atom stereocenters. The molecule has 0 radical (unpaired) electrons. The van der Waals surface area contributed by atoms with E-state index in [-0.39, 0.29) is 23.1 Å². The minimum atomic E-state index is -4.42. The van der Waals surface area contributed by atoms with E-state index in [0.29, 0.717) is 10.4 Å². The fraction of sp³-hybridized carbons (Fsp3) is 0.214. The molecule has 24 heavy (non-hydrogen) atoms. The standard InChI is InChI=1S/C14H13F3N2O3S2/c15-14(16,17)10-3-1-9(2-4-10)7-12(20)19-8-11-5-6-13(23-11)24(18,21)22/h1-6H,7-8H2,(H,19,20)(H2,18,21,22). The molecule has 1 amide bonds. The number of hydrogen-bond acceptors (Lipinski definition) is 4. The van der Waals surface area contributed by atoms with Gasteiger partial charge >= 0.3 is 6.18 Å². The van der Waals surface area contributed by atoms with Crippen LogP contribution in [0.3, 0.4) is 0 Å². The second-order valence-corrected chi connectivity index (χ2v) is 7.87. The summed E-state index contributed by atoms with van der Waals surface area (Å²) >= 11 is 0.940. The van der Waals surface area contributed by atoms with Gasteiger partial charge in [0.05, 0.1) is 18.5 Å². The molecule has 0 aliphatic carbocycles. The lowest BCUT2D eigenvalue weighted by atomic mass is 10.1. The molecule has 2 aromatic rings. The third-order valence-corrected chi connectivity index (χ3v) is 5.55. The summed E-state index contributed by atoms with van der Waals surface area (Å²) in [7, 11) is -3.77. The summed E-state index contributed by atoms with van der Waals surface area (Å²) in [5.41, 5.74) is -0.335. The average Bonchev–Trinajstić information content (AvgIpc) is 2.94.